The van der Waals surface area contributed by atoms with Crippen molar-refractivity contribution in [2.45, 2.75) is 88.7 Å². The number of carbonyl (C=O) groups excluding carboxylic acids is 2. The van der Waals surface area contributed by atoms with Crippen LogP contribution in [0.25, 0.3) is 0 Å². The average Bonchev–Trinajstić information content (AvgIpc) is 3.30. The lowest BCUT2D eigenvalue weighted by Crippen LogP contribution is -2.84. The monoisotopic (exact) mass is 519 g/mol. The van der Waals surface area contributed by atoms with Crippen LogP contribution in [0.15, 0.2) is 0 Å². The second-order valence-electron chi connectivity index (χ2n) is 12.8. The normalized spacial score (nSPS) is 56.0. The van der Waals surface area contributed by atoms with Crippen molar-refractivity contribution in [2.75, 3.05) is 34.5 Å². The van der Waals surface area contributed by atoms with Crippen molar-refractivity contribution < 1.29 is 38.0 Å². The van der Waals surface area contributed by atoms with Crippen molar-refractivity contribution in [3.8, 4) is 0 Å². The number of fused-ring (bicyclic) bond motifs is 3. The van der Waals surface area contributed by atoms with E-state index in [-0.39, 0.29) is 89.0 Å². The highest BCUT2D eigenvalue weighted by Crippen LogP contribution is 2.83. The SMILES string of the molecule is CCN1[C@@H]2O[C@H]3CC[C@]2(COC)[C@H]2[C@@H](OC)[C@H]4[C@@H]1[C@@]32[C@@H]1C[C@H]2[C@H](OC(C)=O)[C@@H]1[C@]4(OC(C)=O)C[C@@H]2OC. The van der Waals surface area contributed by atoms with E-state index in [2.05, 4.69) is 11.8 Å². The van der Waals surface area contributed by atoms with E-state index in [9.17, 15) is 9.59 Å². The number of carbonyl (C=O) groups is 2. The van der Waals surface area contributed by atoms with Gasteiger partial charge in [-0.15, -0.1) is 0 Å². The van der Waals surface area contributed by atoms with Crippen molar-refractivity contribution >= 4 is 11.9 Å². The summed E-state index contributed by atoms with van der Waals surface area (Å²) >= 11 is 0. The summed E-state index contributed by atoms with van der Waals surface area (Å²) in [5.41, 5.74) is -1.23. The van der Waals surface area contributed by atoms with E-state index in [1.54, 1.807) is 14.2 Å². The molecule has 0 amide bonds. The third-order valence-corrected chi connectivity index (χ3v) is 12.1. The summed E-state index contributed by atoms with van der Waals surface area (Å²) in [4.78, 5) is 27.9. The molecule has 9 fully saturated rings. The molecular formula is C28H41NO8. The van der Waals surface area contributed by atoms with Gasteiger partial charge in [0.1, 0.15) is 17.9 Å². The molecule has 9 aliphatic rings. The predicted octanol–water partition coefficient (Wildman–Crippen LogP) is 2.01. The van der Waals surface area contributed by atoms with E-state index < -0.39 is 5.60 Å². The topological polar surface area (TPSA) is 92.8 Å². The maximum absolute atomic E-state index is 12.9. The summed E-state index contributed by atoms with van der Waals surface area (Å²) in [7, 11) is 5.33. The average molecular weight is 520 g/mol. The van der Waals surface area contributed by atoms with Crippen LogP contribution in [0.2, 0.25) is 0 Å². The maximum atomic E-state index is 12.9. The minimum atomic E-state index is -0.846. The lowest BCUT2D eigenvalue weighted by molar-refractivity contribution is -0.400. The molecule has 0 aromatic heterocycles. The molecule has 4 saturated heterocycles. The Kier molecular flexibility index (Phi) is 5.29. The predicted molar refractivity (Wildman–Crippen MR) is 129 cm³/mol. The number of hydrogen-bond donors (Lipinski definition) is 0. The van der Waals surface area contributed by atoms with Crippen molar-refractivity contribution in [2.24, 2.45) is 40.4 Å². The van der Waals surface area contributed by atoms with Crippen molar-refractivity contribution in [1.82, 2.24) is 4.90 Å². The van der Waals surface area contributed by atoms with E-state index in [0.717, 1.165) is 25.8 Å². The summed E-state index contributed by atoms with van der Waals surface area (Å²) in [6.45, 7) is 6.65. The van der Waals surface area contributed by atoms with Crippen LogP contribution in [0.5, 0.6) is 0 Å². The van der Waals surface area contributed by atoms with Crippen LogP contribution in [0, 0.1) is 40.4 Å². The fourth-order valence-electron chi connectivity index (χ4n) is 12.0. The van der Waals surface area contributed by atoms with Crippen molar-refractivity contribution in [3.63, 3.8) is 0 Å². The van der Waals surface area contributed by atoms with E-state index in [1.807, 2.05) is 7.11 Å². The smallest absolute Gasteiger partial charge is 0.303 e. The third-order valence-electron chi connectivity index (χ3n) is 12.1. The summed E-state index contributed by atoms with van der Waals surface area (Å²) in [6.07, 6.45) is 2.91. The number of ether oxygens (including phenoxy) is 6. The van der Waals surface area contributed by atoms with Gasteiger partial charge in [-0.05, 0) is 31.7 Å². The van der Waals surface area contributed by atoms with Crippen molar-refractivity contribution in [1.29, 1.82) is 0 Å². The lowest BCUT2D eigenvalue weighted by atomic mass is 9.41. The van der Waals surface area contributed by atoms with Crippen LogP contribution in [-0.2, 0) is 38.0 Å². The fraction of sp³-hybridized carbons (Fsp3) is 0.929. The van der Waals surface area contributed by atoms with Gasteiger partial charge in [0.2, 0.25) is 0 Å². The zero-order valence-electron chi connectivity index (χ0n) is 22.8. The van der Waals surface area contributed by atoms with E-state index in [1.165, 1.54) is 13.8 Å². The number of esters is 2. The molecule has 9 nitrogen and oxygen atoms in total. The van der Waals surface area contributed by atoms with Crippen LogP contribution in [0.1, 0.15) is 46.5 Å². The third kappa shape index (κ3) is 2.55. The molecule has 206 valence electrons. The van der Waals surface area contributed by atoms with Gasteiger partial charge in [0.05, 0.1) is 24.9 Å². The Bertz CT molecular complexity index is 1000. The van der Waals surface area contributed by atoms with Gasteiger partial charge in [-0.1, -0.05) is 6.92 Å². The molecule has 0 unspecified atom stereocenters. The minimum Gasteiger partial charge on any atom is -0.462 e. The number of rotatable bonds is 7. The quantitative estimate of drug-likeness (QED) is 0.468. The largest absolute Gasteiger partial charge is 0.462 e. The molecule has 0 radical (unpaired) electrons. The Morgan fingerprint density at radius 2 is 1.84 bits per heavy atom. The molecular weight excluding hydrogens is 478 g/mol. The molecule has 9 bridgehead atoms. The molecule has 9 heteroatoms. The summed E-state index contributed by atoms with van der Waals surface area (Å²) in [6, 6.07) is 0.161. The first-order valence-electron chi connectivity index (χ1n) is 14.1. The molecule has 4 heterocycles. The highest BCUT2D eigenvalue weighted by atomic mass is 16.6. The van der Waals surface area contributed by atoms with Gasteiger partial charge < -0.3 is 28.4 Å². The van der Waals surface area contributed by atoms with Gasteiger partial charge in [-0.2, -0.15) is 0 Å². The number of nitrogens with zero attached hydrogens (tertiary/aromatic N) is 1. The van der Waals surface area contributed by atoms with Crippen LogP contribution < -0.4 is 0 Å². The molecule has 1 spiro atoms. The van der Waals surface area contributed by atoms with Gasteiger partial charge in [-0.25, -0.2) is 0 Å². The molecule has 0 aromatic carbocycles. The van der Waals surface area contributed by atoms with E-state index in [4.69, 9.17) is 28.4 Å². The zero-order valence-corrected chi connectivity index (χ0v) is 22.8. The number of methoxy groups -OCH3 is 3. The Morgan fingerprint density at radius 1 is 1.05 bits per heavy atom. The Morgan fingerprint density at radius 3 is 2.46 bits per heavy atom. The first kappa shape index (κ1) is 24.8. The molecule has 0 N–H and O–H groups in total. The van der Waals surface area contributed by atoms with E-state index in [0.29, 0.717) is 13.0 Å². The highest BCUT2D eigenvalue weighted by Gasteiger charge is 2.91. The van der Waals surface area contributed by atoms with E-state index >= 15 is 0 Å². The maximum Gasteiger partial charge on any atom is 0.303 e. The van der Waals surface area contributed by atoms with Gasteiger partial charge in [-0.3, -0.25) is 14.5 Å². The molecule has 4 aliphatic heterocycles. The number of piperidine rings is 1. The first-order chi connectivity index (χ1) is 17.8. The van der Waals surface area contributed by atoms with Crippen LogP contribution in [0.4, 0.5) is 0 Å². The fourth-order valence-corrected chi connectivity index (χ4v) is 12.0. The summed E-state index contributed by atoms with van der Waals surface area (Å²) in [5.74, 6) is -0.341. The molecule has 9 rings (SSSR count). The van der Waals surface area contributed by atoms with Gasteiger partial charge >= 0.3 is 11.9 Å². The minimum absolute atomic E-state index is 0.0391. The summed E-state index contributed by atoms with van der Waals surface area (Å²) < 4.78 is 38.4. The Labute approximate surface area is 218 Å². The number of hydrogen-bond acceptors (Lipinski definition) is 9. The zero-order chi connectivity index (χ0) is 26.1. The van der Waals surface area contributed by atoms with Crippen LogP contribution >= 0.6 is 0 Å². The standard InChI is InChI=1S/C28H41NO8/c1-7-29-24-20-22(34-6)23-26(12-32-4)9-8-18(36-25(26)29)28(23,24)16-10-15-17(33-5)11-27(20,37-14(3)31)19(16)21(15)35-13(2)30/h15-25H,7-12H2,1-6H3/t15-,16-,17+,18+,19-,20+,21+,22+,23-,24-,25-,26+,27-,28+/m1/s1. The first-order valence-corrected chi connectivity index (χ1v) is 14.1. The summed E-state index contributed by atoms with van der Waals surface area (Å²) in [5, 5.41) is 0. The van der Waals surface area contributed by atoms with Gasteiger partial charge in [0, 0.05) is 82.1 Å². The second-order valence-corrected chi connectivity index (χ2v) is 12.8. The lowest BCUT2D eigenvalue weighted by Gasteiger charge is -2.76. The van der Waals surface area contributed by atoms with Crippen LogP contribution in [-0.4, -0.2) is 93.6 Å². The molecule has 37 heavy (non-hydrogen) atoms. The van der Waals surface area contributed by atoms with Crippen molar-refractivity contribution in [3.05, 3.63) is 0 Å². The Hall–Kier alpha value is -1.26. The Balaban J connectivity index is 1.51. The molecule has 14 atom stereocenters. The van der Waals surface area contributed by atoms with Crippen LogP contribution in [0.3, 0.4) is 0 Å². The highest BCUT2D eigenvalue weighted by molar-refractivity contribution is 5.68. The second kappa shape index (κ2) is 7.90. The molecule has 0 aromatic rings. The molecule has 5 saturated carbocycles. The van der Waals surface area contributed by atoms with Gasteiger partial charge in [0.25, 0.3) is 0 Å². The molecule has 5 aliphatic carbocycles. The van der Waals surface area contributed by atoms with Gasteiger partial charge in [0.15, 0.2) is 0 Å².